The van der Waals surface area contributed by atoms with Gasteiger partial charge in [0.05, 0.1) is 5.52 Å². The molecule has 0 atom stereocenters. The average Bonchev–Trinajstić information content (AvgIpc) is 2.58. The molecule has 1 heterocycles. The van der Waals surface area contributed by atoms with Crippen LogP contribution in [0.1, 0.15) is 46.9 Å². The van der Waals surface area contributed by atoms with Gasteiger partial charge in [0.25, 0.3) is 0 Å². The molecule has 0 aliphatic heterocycles. The minimum absolute atomic E-state index is 0.0760. The maximum Gasteiger partial charge on any atom is 0.341 e. The van der Waals surface area contributed by atoms with Crippen LogP contribution in [-0.2, 0) is 6.42 Å². The van der Waals surface area contributed by atoms with Crippen LogP contribution in [0.15, 0.2) is 47.4 Å². The van der Waals surface area contributed by atoms with Crippen LogP contribution in [0.25, 0.3) is 10.9 Å². The largest absolute Gasteiger partial charge is 0.477 e. The van der Waals surface area contributed by atoms with Crippen molar-refractivity contribution in [1.82, 2.24) is 4.57 Å². The zero-order chi connectivity index (χ0) is 19.0. The van der Waals surface area contributed by atoms with Gasteiger partial charge < -0.3 is 9.67 Å². The molecule has 3 rings (SSSR count). The topological polar surface area (TPSA) is 59.3 Å². The first-order valence-electron chi connectivity index (χ1n) is 8.44. The number of carboxylic acids is 1. The van der Waals surface area contributed by atoms with E-state index in [9.17, 15) is 19.1 Å². The van der Waals surface area contributed by atoms with Crippen LogP contribution in [0.3, 0.4) is 0 Å². The molecule has 5 heteroatoms. The van der Waals surface area contributed by atoms with Crippen LogP contribution in [0.4, 0.5) is 4.39 Å². The summed E-state index contributed by atoms with van der Waals surface area (Å²) >= 11 is 0. The van der Waals surface area contributed by atoms with E-state index in [-0.39, 0.29) is 17.0 Å². The Kier molecular flexibility index (Phi) is 4.64. The number of carbonyl (C=O) groups is 1. The van der Waals surface area contributed by atoms with Crippen molar-refractivity contribution < 1.29 is 14.3 Å². The van der Waals surface area contributed by atoms with E-state index in [1.807, 2.05) is 45.0 Å². The van der Waals surface area contributed by atoms with Gasteiger partial charge in [-0.15, -0.1) is 0 Å². The smallest absolute Gasteiger partial charge is 0.341 e. The molecule has 4 nitrogen and oxygen atoms in total. The van der Waals surface area contributed by atoms with Gasteiger partial charge in [0.1, 0.15) is 11.4 Å². The highest BCUT2D eigenvalue weighted by molar-refractivity contribution is 5.92. The Bertz CT molecular complexity index is 1070. The van der Waals surface area contributed by atoms with Crippen LogP contribution in [-0.4, -0.2) is 15.6 Å². The summed E-state index contributed by atoms with van der Waals surface area (Å²) in [6, 6.07) is 10.5. The maximum absolute atomic E-state index is 14.7. The molecule has 0 aliphatic carbocycles. The molecule has 0 spiro atoms. The zero-order valence-corrected chi connectivity index (χ0v) is 14.9. The number of aryl methyl sites for hydroxylation is 1. The Morgan fingerprint density at radius 3 is 2.50 bits per heavy atom. The summed E-state index contributed by atoms with van der Waals surface area (Å²) in [5.41, 5.74) is 2.08. The van der Waals surface area contributed by atoms with E-state index < -0.39 is 17.2 Å². The van der Waals surface area contributed by atoms with Crippen molar-refractivity contribution in [3.63, 3.8) is 0 Å². The maximum atomic E-state index is 14.7. The van der Waals surface area contributed by atoms with Gasteiger partial charge in [-0.1, -0.05) is 24.3 Å². The first-order valence-corrected chi connectivity index (χ1v) is 8.44. The number of nitrogens with zero attached hydrogens (tertiary/aromatic N) is 1. The van der Waals surface area contributed by atoms with Crippen molar-refractivity contribution in [2.45, 2.75) is 33.2 Å². The summed E-state index contributed by atoms with van der Waals surface area (Å²) in [6.07, 6.45) is 1.74. The van der Waals surface area contributed by atoms with Crippen LogP contribution in [0, 0.1) is 12.7 Å². The van der Waals surface area contributed by atoms with Gasteiger partial charge in [-0.05, 0) is 49.6 Å². The molecule has 3 aromatic rings. The molecule has 0 unspecified atom stereocenters. The Labute approximate surface area is 150 Å². The quantitative estimate of drug-likeness (QED) is 0.760. The van der Waals surface area contributed by atoms with Gasteiger partial charge in [-0.2, -0.15) is 0 Å². The van der Waals surface area contributed by atoms with E-state index in [1.165, 1.54) is 6.20 Å². The predicted molar refractivity (Wildman–Crippen MR) is 99.5 cm³/mol. The molecule has 0 bridgehead atoms. The normalized spacial score (nSPS) is 11.3. The fourth-order valence-corrected chi connectivity index (χ4v) is 3.14. The van der Waals surface area contributed by atoms with E-state index in [0.717, 1.165) is 17.2 Å². The van der Waals surface area contributed by atoms with Crippen molar-refractivity contribution in [3.05, 3.63) is 80.9 Å². The number of carboxylic acid groups (broad SMARTS) is 1. The third kappa shape index (κ3) is 3.12. The second kappa shape index (κ2) is 6.75. The molecule has 0 radical (unpaired) electrons. The number of hydrogen-bond donors (Lipinski definition) is 1. The molecule has 0 aliphatic rings. The summed E-state index contributed by atoms with van der Waals surface area (Å²) in [5, 5.41) is 9.36. The molecule has 0 saturated carbocycles. The van der Waals surface area contributed by atoms with Gasteiger partial charge in [0.15, 0.2) is 0 Å². The summed E-state index contributed by atoms with van der Waals surface area (Å²) in [7, 11) is 0. The Morgan fingerprint density at radius 1 is 1.19 bits per heavy atom. The van der Waals surface area contributed by atoms with E-state index >= 15 is 0 Å². The van der Waals surface area contributed by atoms with Crippen LogP contribution in [0.5, 0.6) is 0 Å². The van der Waals surface area contributed by atoms with Crippen LogP contribution >= 0.6 is 0 Å². The van der Waals surface area contributed by atoms with Crippen molar-refractivity contribution >= 4 is 16.9 Å². The van der Waals surface area contributed by atoms with Crippen molar-refractivity contribution in [2.24, 2.45) is 0 Å². The number of fused-ring (bicyclic) bond motifs is 1. The van der Waals surface area contributed by atoms with E-state index in [4.69, 9.17) is 0 Å². The molecule has 134 valence electrons. The summed E-state index contributed by atoms with van der Waals surface area (Å²) < 4.78 is 16.4. The number of hydrogen-bond acceptors (Lipinski definition) is 2. The summed E-state index contributed by atoms with van der Waals surface area (Å²) in [5.74, 6) is -1.81. The Morgan fingerprint density at radius 2 is 1.88 bits per heavy atom. The van der Waals surface area contributed by atoms with Gasteiger partial charge in [-0.3, -0.25) is 4.79 Å². The fourth-order valence-electron chi connectivity index (χ4n) is 3.14. The predicted octanol–water partition coefficient (Wildman–Crippen LogP) is 4.32. The van der Waals surface area contributed by atoms with E-state index in [1.54, 1.807) is 10.6 Å². The third-order valence-corrected chi connectivity index (χ3v) is 4.63. The molecule has 0 saturated heterocycles. The number of pyridine rings is 1. The molecule has 0 amide bonds. The highest BCUT2D eigenvalue weighted by atomic mass is 19.1. The minimum Gasteiger partial charge on any atom is -0.477 e. The molecular formula is C21H20FNO3. The number of aromatic carboxylic acids is 1. The third-order valence-electron chi connectivity index (χ3n) is 4.63. The van der Waals surface area contributed by atoms with Crippen LogP contribution in [0.2, 0.25) is 0 Å². The fraction of sp³-hybridized carbons (Fsp3) is 0.238. The van der Waals surface area contributed by atoms with E-state index in [0.29, 0.717) is 17.5 Å². The molecule has 1 N–H and O–H groups in total. The second-order valence-corrected chi connectivity index (χ2v) is 6.74. The average molecular weight is 353 g/mol. The minimum atomic E-state index is -1.31. The highest BCUT2D eigenvalue weighted by Gasteiger charge is 2.18. The molecule has 26 heavy (non-hydrogen) atoms. The Balaban J connectivity index is 2.26. The molecule has 2 aromatic carbocycles. The molecular weight excluding hydrogens is 333 g/mol. The van der Waals surface area contributed by atoms with Gasteiger partial charge in [0, 0.05) is 24.0 Å². The zero-order valence-electron chi connectivity index (χ0n) is 14.9. The number of benzene rings is 2. The standard InChI is InChI=1S/C21H20FNO3/c1-12(2)23-11-17(21(25)26)20(24)16-10-18(22)15(9-19(16)23)8-14-7-5-4-6-13(14)3/h4-7,9-12H,8H2,1-3H3,(H,25,26). The monoisotopic (exact) mass is 353 g/mol. The number of halogens is 1. The summed E-state index contributed by atoms with van der Waals surface area (Å²) in [6.45, 7) is 5.75. The lowest BCUT2D eigenvalue weighted by Gasteiger charge is -2.17. The van der Waals surface area contributed by atoms with Gasteiger partial charge in [-0.25, -0.2) is 9.18 Å². The van der Waals surface area contributed by atoms with Gasteiger partial charge >= 0.3 is 5.97 Å². The lowest BCUT2D eigenvalue weighted by atomic mass is 9.98. The molecule has 0 fully saturated rings. The molecule has 1 aromatic heterocycles. The van der Waals surface area contributed by atoms with Crippen molar-refractivity contribution in [2.75, 3.05) is 0 Å². The van der Waals surface area contributed by atoms with Crippen molar-refractivity contribution in [3.8, 4) is 0 Å². The van der Waals surface area contributed by atoms with Gasteiger partial charge in [0.2, 0.25) is 5.43 Å². The SMILES string of the molecule is Cc1ccccc1Cc1cc2c(cc1F)c(=O)c(C(=O)O)cn2C(C)C. The lowest BCUT2D eigenvalue weighted by Crippen LogP contribution is -2.20. The highest BCUT2D eigenvalue weighted by Crippen LogP contribution is 2.24. The first-order chi connectivity index (χ1) is 12.3. The van der Waals surface area contributed by atoms with Crippen molar-refractivity contribution in [1.29, 1.82) is 0 Å². The second-order valence-electron chi connectivity index (χ2n) is 6.74. The number of rotatable bonds is 4. The Hall–Kier alpha value is -2.95. The lowest BCUT2D eigenvalue weighted by molar-refractivity contribution is 0.0694. The number of aromatic nitrogens is 1. The van der Waals surface area contributed by atoms with E-state index in [2.05, 4.69) is 0 Å². The summed E-state index contributed by atoms with van der Waals surface area (Å²) in [4.78, 5) is 23.8. The first kappa shape index (κ1) is 17.9. The van der Waals surface area contributed by atoms with Crippen LogP contribution < -0.4 is 5.43 Å².